The number of aryl methyl sites for hydroxylation is 1. The largest absolute Gasteiger partial charge is 0.336 e. The van der Waals surface area contributed by atoms with Crippen LogP contribution >= 0.6 is 12.2 Å². The molecule has 3 aromatic rings. The number of hydrogen-bond acceptors (Lipinski definition) is 3. The predicted molar refractivity (Wildman–Crippen MR) is 77.1 cm³/mol. The number of hydrogen-bond donors (Lipinski definition) is 1. The van der Waals surface area contributed by atoms with Crippen LogP contribution < -0.4 is 0 Å². The summed E-state index contributed by atoms with van der Waals surface area (Å²) in [5.74, 6) is 1.45. The highest BCUT2D eigenvalue weighted by Crippen LogP contribution is 2.19. The van der Waals surface area contributed by atoms with Crippen LogP contribution in [0.4, 0.5) is 0 Å². The molecule has 2 aromatic heterocycles. The number of nitrogens with zero attached hydrogens (tertiary/aromatic N) is 3. The number of aromatic amines is 1. The van der Waals surface area contributed by atoms with Crippen LogP contribution in [-0.4, -0.2) is 19.5 Å². The van der Waals surface area contributed by atoms with Crippen molar-refractivity contribution in [2.24, 2.45) is 7.05 Å². The first-order valence-electron chi connectivity index (χ1n) is 5.88. The third-order valence-corrected chi connectivity index (χ3v) is 3.07. The third-order valence-electron chi connectivity index (χ3n) is 2.86. The molecule has 0 amide bonds. The molecule has 0 atom stereocenters. The Bertz CT molecular complexity index is 758. The highest BCUT2D eigenvalue weighted by Gasteiger charge is 2.07. The maximum Gasteiger partial charge on any atom is 0.176 e. The summed E-state index contributed by atoms with van der Waals surface area (Å²) in [6.07, 6.45) is 3.62. The highest BCUT2D eigenvalue weighted by atomic mass is 32.1. The summed E-state index contributed by atoms with van der Waals surface area (Å²) in [6.45, 7) is 0. The second-order valence-corrected chi connectivity index (χ2v) is 4.63. The summed E-state index contributed by atoms with van der Waals surface area (Å²) in [6, 6.07) is 11.9. The Morgan fingerprint density at radius 1 is 1.21 bits per heavy atom. The molecule has 94 valence electrons. The molecule has 0 aliphatic rings. The molecule has 2 heterocycles. The zero-order valence-corrected chi connectivity index (χ0v) is 11.2. The van der Waals surface area contributed by atoms with Crippen molar-refractivity contribution in [3.8, 4) is 22.9 Å². The smallest absolute Gasteiger partial charge is 0.176 e. The summed E-state index contributed by atoms with van der Waals surface area (Å²) in [5.41, 5.74) is 2.02. The van der Waals surface area contributed by atoms with E-state index in [1.807, 2.05) is 54.2 Å². The minimum atomic E-state index is 0.551. The van der Waals surface area contributed by atoms with Crippen molar-refractivity contribution in [3.05, 3.63) is 53.4 Å². The van der Waals surface area contributed by atoms with Gasteiger partial charge >= 0.3 is 0 Å². The summed E-state index contributed by atoms with van der Waals surface area (Å²) < 4.78 is 2.46. The van der Waals surface area contributed by atoms with Gasteiger partial charge in [-0.1, -0.05) is 42.5 Å². The number of aromatic nitrogens is 4. The molecule has 1 aromatic carbocycles. The van der Waals surface area contributed by atoms with Gasteiger partial charge < -0.3 is 9.55 Å². The lowest BCUT2D eigenvalue weighted by Gasteiger charge is -2.06. The fourth-order valence-electron chi connectivity index (χ4n) is 1.93. The standard InChI is InChI=1S/C14H12N4S/c1-18-8-7-15-14(18)13-16-11(9-12(19)17-13)10-5-3-2-4-6-10/h2-9H,1H3,(H,16,17,19). The molecule has 0 saturated heterocycles. The van der Waals surface area contributed by atoms with E-state index in [1.54, 1.807) is 6.20 Å². The minimum absolute atomic E-state index is 0.551. The van der Waals surface area contributed by atoms with Gasteiger partial charge in [0.1, 0.15) is 4.64 Å². The van der Waals surface area contributed by atoms with Gasteiger partial charge in [-0.05, 0) is 11.6 Å². The van der Waals surface area contributed by atoms with E-state index < -0.39 is 0 Å². The van der Waals surface area contributed by atoms with E-state index in [4.69, 9.17) is 12.2 Å². The van der Waals surface area contributed by atoms with Crippen molar-refractivity contribution >= 4 is 12.2 Å². The Morgan fingerprint density at radius 2 is 2.00 bits per heavy atom. The Morgan fingerprint density at radius 3 is 2.68 bits per heavy atom. The van der Waals surface area contributed by atoms with Crippen LogP contribution in [0.5, 0.6) is 0 Å². The lowest BCUT2D eigenvalue weighted by molar-refractivity contribution is 0.906. The van der Waals surface area contributed by atoms with Crippen LogP contribution in [0.1, 0.15) is 0 Å². The highest BCUT2D eigenvalue weighted by molar-refractivity contribution is 7.71. The lowest BCUT2D eigenvalue weighted by Crippen LogP contribution is -1.98. The van der Waals surface area contributed by atoms with E-state index in [1.165, 1.54) is 0 Å². The molecule has 4 nitrogen and oxygen atoms in total. The minimum Gasteiger partial charge on any atom is -0.336 e. The van der Waals surface area contributed by atoms with Crippen LogP contribution in [0.3, 0.4) is 0 Å². The molecule has 3 rings (SSSR count). The van der Waals surface area contributed by atoms with E-state index in [0.29, 0.717) is 10.5 Å². The summed E-state index contributed by atoms with van der Waals surface area (Å²) >= 11 is 5.24. The van der Waals surface area contributed by atoms with Gasteiger partial charge in [0.2, 0.25) is 0 Å². The molecule has 0 spiro atoms. The second kappa shape index (κ2) is 4.78. The zero-order chi connectivity index (χ0) is 13.2. The van der Waals surface area contributed by atoms with Crippen molar-refractivity contribution in [2.75, 3.05) is 0 Å². The van der Waals surface area contributed by atoms with Crippen molar-refractivity contribution in [1.82, 2.24) is 19.5 Å². The van der Waals surface area contributed by atoms with Gasteiger partial charge in [0.05, 0.1) is 5.69 Å². The summed E-state index contributed by atoms with van der Waals surface area (Å²) in [4.78, 5) is 11.9. The molecule has 5 heteroatoms. The van der Waals surface area contributed by atoms with E-state index in [9.17, 15) is 0 Å². The third kappa shape index (κ3) is 2.32. The Hall–Kier alpha value is -2.27. The van der Waals surface area contributed by atoms with Crippen LogP contribution in [-0.2, 0) is 7.05 Å². The van der Waals surface area contributed by atoms with Gasteiger partial charge in [0, 0.05) is 19.4 Å². The molecule has 0 fully saturated rings. The van der Waals surface area contributed by atoms with Crippen molar-refractivity contribution in [2.45, 2.75) is 0 Å². The molecule has 1 N–H and O–H groups in total. The molecule has 0 aliphatic carbocycles. The molecular weight excluding hydrogens is 256 g/mol. The average Bonchev–Trinajstić information content (AvgIpc) is 2.85. The van der Waals surface area contributed by atoms with Gasteiger partial charge in [0.25, 0.3) is 0 Å². The lowest BCUT2D eigenvalue weighted by atomic mass is 10.1. The molecule has 0 saturated carbocycles. The maximum absolute atomic E-state index is 5.24. The van der Waals surface area contributed by atoms with E-state index in [0.717, 1.165) is 17.1 Å². The molecule has 0 aliphatic heterocycles. The Kier molecular flexibility index (Phi) is 2.97. The fourth-order valence-corrected chi connectivity index (χ4v) is 2.14. The monoisotopic (exact) mass is 268 g/mol. The predicted octanol–water partition coefficient (Wildman–Crippen LogP) is 3.21. The zero-order valence-electron chi connectivity index (χ0n) is 10.4. The first kappa shape index (κ1) is 11.8. The normalized spacial score (nSPS) is 10.6. The SMILES string of the molecule is Cn1ccnc1-c1nc(=S)cc(-c2ccccc2)[nH]1. The van der Waals surface area contributed by atoms with E-state index in [-0.39, 0.29) is 0 Å². The average molecular weight is 268 g/mol. The van der Waals surface area contributed by atoms with E-state index >= 15 is 0 Å². The Balaban J connectivity index is 2.17. The number of rotatable bonds is 2. The number of benzene rings is 1. The number of imidazole rings is 1. The van der Waals surface area contributed by atoms with Crippen LogP contribution in [0.25, 0.3) is 22.9 Å². The van der Waals surface area contributed by atoms with Crippen LogP contribution in [0.15, 0.2) is 48.8 Å². The number of H-pyrrole nitrogens is 1. The fraction of sp³-hybridized carbons (Fsp3) is 0.0714. The van der Waals surface area contributed by atoms with Gasteiger partial charge in [-0.25, -0.2) is 9.97 Å². The van der Waals surface area contributed by atoms with Gasteiger partial charge in [-0.15, -0.1) is 0 Å². The molecule has 0 radical (unpaired) electrons. The molecule has 0 unspecified atom stereocenters. The topological polar surface area (TPSA) is 46.5 Å². The van der Waals surface area contributed by atoms with Gasteiger partial charge in [-0.3, -0.25) is 0 Å². The number of nitrogens with one attached hydrogen (secondary N) is 1. The quantitative estimate of drug-likeness (QED) is 0.726. The Labute approximate surface area is 115 Å². The van der Waals surface area contributed by atoms with Gasteiger partial charge in [-0.2, -0.15) is 0 Å². The molecule has 0 bridgehead atoms. The summed E-state index contributed by atoms with van der Waals surface area (Å²) in [7, 11) is 1.93. The second-order valence-electron chi connectivity index (χ2n) is 4.21. The van der Waals surface area contributed by atoms with Crippen LogP contribution in [0.2, 0.25) is 0 Å². The first-order chi connectivity index (χ1) is 9.24. The maximum atomic E-state index is 5.24. The van der Waals surface area contributed by atoms with Crippen molar-refractivity contribution < 1.29 is 0 Å². The van der Waals surface area contributed by atoms with Crippen molar-refractivity contribution in [3.63, 3.8) is 0 Å². The summed E-state index contributed by atoms with van der Waals surface area (Å²) in [5, 5.41) is 0. The van der Waals surface area contributed by atoms with Crippen LogP contribution in [0, 0.1) is 4.64 Å². The van der Waals surface area contributed by atoms with E-state index in [2.05, 4.69) is 15.0 Å². The van der Waals surface area contributed by atoms with Crippen molar-refractivity contribution in [1.29, 1.82) is 0 Å². The molecule has 19 heavy (non-hydrogen) atoms. The van der Waals surface area contributed by atoms with Gasteiger partial charge in [0.15, 0.2) is 11.6 Å². The first-order valence-corrected chi connectivity index (χ1v) is 6.29. The molecular formula is C14H12N4S.